The first-order chi connectivity index (χ1) is 15.2. The third-order valence-electron chi connectivity index (χ3n) is 5.47. The van der Waals surface area contributed by atoms with Gasteiger partial charge in [0.05, 0.1) is 36.1 Å². The second-order valence-electron chi connectivity index (χ2n) is 7.69. The van der Waals surface area contributed by atoms with Crippen molar-refractivity contribution in [3.63, 3.8) is 0 Å². The van der Waals surface area contributed by atoms with Crippen LogP contribution in [0, 0.1) is 21.0 Å². The van der Waals surface area contributed by atoms with Gasteiger partial charge in [0.15, 0.2) is 11.6 Å². The first-order valence-corrected chi connectivity index (χ1v) is 10.8. The Morgan fingerprint density at radius 1 is 1.06 bits per heavy atom. The minimum Gasteiger partial charge on any atom is -0.384 e. The van der Waals surface area contributed by atoms with Crippen LogP contribution in [0.25, 0.3) is 0 Å². The van der Waals surface area contributed by atoms with Gasteiger partial charge < -0.3 is 21.1 Å². The summed E-state index contributed by atoms with van der Waals surface area (Å²) in [5.41, 5.74) is 4.79. The van der Waals surface area contributed by atoms with E-state index in [1.165, 1.54) is 17.0 Å². The van der Waals surface area contributed by atoms with E-state index in [2.05, 4.69) is 5.32 Å². The molecule has 1 aliphatic rings. The number of nitrogens with two attached hydrogens (primary N) is 1. The fourth-order valence-electron chi connectivity index (χ4n) is 3.67. The topological polar surface area (TPSA) is 78.6 Å². The number of likely N-dealkylation sites (tertiary alicyclic amines) is 1. The number of carbonyl (C=O) groups excluding carboxylic acids is 1. The van der Waals surface area contributed by atoms with Crippen LogP contribution in [-0.2, 0) is 0 Å². The molecule has 1 saturated heterocycles. The molecule has 1 unspecified atom stereocenters. The Bertz CT molecular complexity index is 1170. The average Bonchev–Trinajstić information content (AvgIpc) is 2.76. The number of carbonyl (C=O) groups is 1. The zero-order valence-corrected chi connectivity index (χ0v) is 18.8. The van der Waals surface area contributed by atoms with Gasteiger partial charge >= 0.3 is 0 Å². The lowest BCUT2D eigenvalue weighted by Crippen LogP contribution is -2.67. The fraction of sp³-hybridized carbons (Fsp3) is 0.174. The van der Waals surface area contributed by atoms with E-state index in [-0.39, 0.29) is 24.3 Å². The van der Waals surface area contributed by atoms with Crippen LogP contribution in [0.4, 0.5) is 24.5 Å². The molecule has 3 aromatic rings. The van der Waals surface area contributed by atoms with Gasteiger partial charge in [0, 0.05) is 3.57 Å². The number of aliphatic hydroxyl groups is 1. The van der Waals surface area contributed by atoms with Crippen LogP contribution in [0.15, 0.2) is 60.7 Å². The second-order valence-corrected chi connectivity index (χ2v) is 8.93. The molecule has 5 nitrogen and oxygen atoms in total. The van der Waals surface area contributed by atoms with Gasteiger partial charge in [-0.1, -0.05) is 30.3 Å². The fourth-order valence-corrected chi connectivity index (χ4v) is 4.13. The van der Waals surface area contributed by atoms with Crippen molar-refractivity contribution in [2.45, 2.75) is 11.6 Å². The maximum Gasteiger partial charge on any atom is 0.256 e. The standard InChI is InChI=1S/C23H19F3IN3O2/c24-16-8-7-15(20(19(16)26)29-18-9-6-14(27)10-17(18)25)22(31)30-11-23(32,12-30)21(28)13-4-2-1-3-5-13/h1-10,21,29,32H,11-12,28H2. The van der Waals surface area contributed by atoms with Gasteiger partial charge in [0.1, 0.15) is 11.4 Å². The molecular formula is C23H19F3IN3O2. The third kappa shape index (κ3) is 4.19. The van der Waals surface area contributed by atoms with Crippen LogP contribution in [0.5, 0.6) is 0 Å². The van der Waals surface area contributed by atoms with Crippen molar-refractivity contribution in [1.82, 2.24) is 4.90 Å². The molecule has 9 heteroatoms. The maximum atomic E-state index is 14.6. The summed E-state index contributed by atoms with van der Waals surface area (Å²) >= 11 is 1.92. The zero-order valence-electron chi connectivity index (χ0n) is 16.7. The summed E-state index contributed by atoms with van der Waals surface area (Å²) in [7, 11) is 0. The molecule has 0 saturated carbocycles. The summed E-state index contributed by atoms with van der Waals surface area (Å²) in [4.78, 5) is 14.3. The SMILES string of the molecule is NC(c1ccccc1)C1(O)CN(C(=O)c2ccc(F)c(F)c2Nc2ccc(I)cc2F)C1. The van der Waals surface area contributed by atoms with Crippen LogP contribution in [0.3, 0.4) is 0 Å². The summed E-state index contributed by atoms with van der Waals surface area (Å²) in [6.07, 6.45) is 0. The Hall–Kier alpha value is -2.63. The third-order valence-corrected chi connectivity index (χ3v) is 6.14. The van der Waals surface area contributed by atoms with Gasteiger partial charge in [-0.05, 0) is 58.5 Å². The lowest BCUT2D eigenvalue weighted by atomic mass is 9.82. The molecule has 0 spiro atoms. The van der Waals surface area contributed by atoms with Crippen molar-refractivity contribution < 1.29 is 23.1 Å². The molecular weight excluding hydrogens is 534 g/mol. The first-order valence-electron chi connectivity index (χ1n) is 9.72. The molecule has 1 atom stereocenters. The van der Waals surface area contributed by atoms with E-state index in [0.29, 0.717) is 9.13 Å². The minimum absolute atomic E-state index is 0.0851. The Morgan fingerprint density at radius 3 is 2.41 bits per heavy atom. The van der Waals surface area contributed by atoms with E-state index in [4.69, 9.17) is 5.73 Å². The van der Waals surface area contributed by atoms with Gasteiger partial charge in [-0.25, -0.2) is 13.2 Å². The molecule has 1 aliphatic heterocycles. The molecule has 4 rings (SSSR count). The lowest BCUT2D eigenvalue weighted by Gasteiger charge is -2.49. The Morgan fingerprint density at radius 2 is 1.75 bits per heavy atom. The molecule has 0 aromatic heterocycles. The number of hydrogen-bond donors (Lipinski definition) is 3. The molecule has 32 heavy (non-hydrogen) atoms. The van der Waals surface area contributed by atoms with Crippen LogP contribution in [0.1, 0.15) is 22.0 Å². The Balaban J connectivity index is 1.58. The molecule has 4 N–H and O–H groups in total. The van der Waals surface area contributed by atoms with E-state index in [1.807, 2.05) is 28.7 Å². The van der Waals surface area contributed by atoms with Gasteiger partial charge in [0.25, 0.3) is 5.91 Å². The smallest absolute Gasteiger partial charge is 0.256 e. The molecule has 166 valence electrons. The highest BCUT2D eigenvalue weighted by atomic mass is 127. The van der Waals surface area contributed by atoms with E-state index >= 15 is 0 Å². The highest BCUT2D eigenvalue weighted by Gasteiger charge is 2.49. The molecule has 1 amide bonds. The van der Waals surface area contributed by atoms with Crippen molar-refractivity contribution in [2.75, 3.05) is 18.4 Å². The second kappa shape index (κ2) is 8.72. The number of nitrogens with one attached hydrogen (secondary N) is 1. The number of β-amino-alcohol motifs (C(OH)–C–C–N with tert-alkyl or cyclic N) is 1. The number of halogens is 4. The monoisotopic (exact) mass is 553 g/mol. The highest BCUT2D eigenvalue weighted by Crippen LogP contribution is 2.35. The number of benzene rings is 3. The lowest BCUT2D eigenvalue weighted by molar-refractivity contribution is -0.0978. The largest absolute Gasteiger partial charge is 0.384 e. The molecule has 1 heterocycles. The quantitative estimate of drug-likeness (QED) is 0.411. The Labute approximate surface area is 196 Å². The highest BCUT2D eigenvalue weighted by molar-refractivity contribution is 14.1. The molecule has 0 bridgehead atoms. The van der Waals surface area contributed by atoms with Crippen molar-refractivity contribution >= 4 is 39.9 Å². The first kappa shape index (κ1) is 22.6. The summed E-state index contributed by atoms with van der Waals surface area (Å²) in [5, 5.41) is 13.3. The van der Waals surface area contributed by atoms with E-state index in [1.54, 1.807) is 30.3 Å². The summed E-state index contributed by atoms with van der Waals surface area (Å²) < 4.78 is 43.4. The predicted octanol–water partition coefficient (Wildman–Crippen LogP) is 4.34. The van der Waals surface area contributed by atoms with Gasteiger partial charge in [-0.3, -0.25) is 4.79 Å². The van der Waals surface area contributed by atoms with Crippen molar-refractivity contribution in [3.05, 3.63) is 92.8 Å². The number of nitrogens with zero attached hydrogens (tertiary/aromatic N) is 1. The van der Waals surface area contributed by atoms with Gasteiger partial charge in [-0.2, -0.15) is 0 Å². The predicted molar refractivity (Wildman–Crippen MR) is 123 cm³/mol. The van der Waals surface area contributed by atoms with Crippen LogP contribution in [-0.4, -0.2) is 34.6 Å². The number of hydrogen-bond acceptors (Lipinski definition) is 4. The molecule has 0 radical (unpaired) electrons. The van der Waals surface area contributed by atoms with E-state index in [0.717, 1.165) is 12.1 Å². The van der Waals surface area contributed by atoms with Gasteiger partial charge in [0.2, 0.25) is 0 Å². The minimum atomic E-state index is -1.36. The maximum absolute atomic E-state index is 14.6. The van der Waals surface area contributed by atoms with E-state index < -0.39 is 40.7 Å². The zero-order chi connectivity index (χ0) is 23.0. The molecule has 1 fully saturated rings. The van der Waals surface area contributed by atoms with Crippen LogP contribution >= 0.6 is 22.6 Å². The summed E-state index contributed by atoms with van der Waals surface area (Å²) in [5.74, 6) is -3.79. The van der Waals surface area contributed by atoms with Crippen LogP contribution in [0.2, 0.25) is 0 Å². The normalized spacial score (nSPS) is 15.8. The van der Waals surface area contributed by atoms with Crippen molar-refractivity contribution in [2.24, 2.45) is 5.73 Å². The number of amides is 1. The summed E-state index contributed by atoms with van der Waals surface area (Å²) in [6, 6.07) is 14.4. The van der Waals surface area contributed by atoms with Crippen molar-refractivity contribution in [3.8, 4) is 0 Å². The molecule has 3 aromatic carbocycles. The Kier molecular flexibility index (Phi) is 6.15. The summed E-state index contributed by atoms with van der Waals surface area (Å²) in [6.45, 7) is -0.170. The number of rotatable bonds is 5. The van der Waals surface area contributed by atoms with Crippen LogP contribution < -0.4 is 11.1 Å². The molecule has 0 aliphatic carbocycles. The number of anilines is 2. The van der Waals surface area contributed by atoms with E-state index in [9.17, 15) is 23.1 Å². The van der Waals surface area contributed by atoms with Gasteiger partial charge in [-0.15, -0.1) is 0 Å². The average molecular weight is 553 g/mol. The van der Waals surface area contributed by atoms with Crippen molar-refractivity contribution in [1.29, 1.82) is 0 Å².